The second-order valence-electron chi connectivity index (χ2n) is 7.17. The number of nitrogens with one attached hydrogen (secondary N) is 2. The molecule has 3 amide bonds. The fourth-order valence-electron chi connectivity index (χ4n) is 3.48. The average molecular weight is 428 g/mol. The maximum Gasteiger partial charge on any atom is 0.254 e. The highest BCUT2D eigenvalue weighted by Crippen LogP contribution is 2.32. The number of halogens is 1. The first-order chi connectivity index (χ1) is 14.5. The lowest BCUT2D eigenvalue weighted by atomic mass is 10.1. The molecule has 0 unspecified atom stereocenters. The molecule has 0 radical (unpaired) electrons. The zero-order valence-corrected chi connectivity index (χ0v) is 17.0. The van der Waals surface area contributed by atoms with Gasteiger partial charge in [0.1, 0.15) is 5.82 Å². The molecule has 4 rings (SSSR count). The summed E-state index contributed by atoms with van der Waals surface area (Å²) < 4.78 is 13.2. The number of hydrogen-bond acceptors (Lipinski definition) is 5. The Hall–Kier alpha value is -2.91. The summed E-state index contributed by atoms with van der Waals surface area (Å²) in [6.07, 6.45) is 0. The molecule has 9 heteroatoms. The molecule has 2 heterocycles. The average Bonchev–Trinajstić information content (AvgIpc) is 2.73. The van der Waals surface area contributed by atoms with Crippen LogP contribution in [0, 0.1) is 5.82 Å². The molecule has 0 aliphatic carbocycles. The number of nitrogens with zero attached hydrogens (tertiary/aromatic N) is 2. The van der Waals surface area contributed by atoms with Gasteiger partial charge in [-0.15, -0.1) is 11.8 Å². The van der Waals surface area contributed by atoms with Crippen LogP contribution in [0.2, 0.25) is 0 Å². The Morgan fingerprint density at radius 1 is 1.10 bits per heavy atom. The van der Waals surface area contributed by atoms with E-state index in [1.807, 2.05) is 11.0 Å². The van der Waals surface area contributed by atoms with Crippen molar-refractivity contribution in [3.05, 3.63) is 53.8 Å². The molecule has 1 fully saturated rings. The molecular weight excluding hydrogens is 407 g/mol. The van der Waals surface area contributed by atoms with Crippen molar-refractivity contribution in [1.82, 2.24) is 9.80 Å². The number of amides is 3. The minimum absolute atomic E-state index is 0.0674. The number of piperazine rings is 1. The van der Waals surface area contributed by atoms with Gasteiger partial charge in [-0.1, -0.05) is 6.07 Å². The van der Waals surface area contributed by atoms with E-state index in [1.54, 1.807) is 29.2 Å². The first kappa shape index (κ1) is 20.4. The van der Waals surface area contributed by atoms with Crippen LogP contribution in [-0.2, 0) is 9.59 Å². The lowest BCUT2D eigenvalue weighted by Crippen LogP contribution is -2.50. The second-order valence-corrected chi connectivity index (χ2v) is 8.19. The van der Waals surface area contributed by atoms with Crippen molar-refractivity contribution in [3.63, 3.8) is 0 Å². The summed E-state index contributed by atoms with van der Waals surface area (Å²) in [5.41, 5.74) is 1.63. The smallest absolute Gasteiger partial charge is 0.254 e. The van der Waals surface area contributed by atoms with Crippen LogP contribution in [0.4, 0.5) is 15.8 Å². The minimum Gasteiger partial charge on any atom is -0.336 e. The lowest BCUT2D eigenvalue weighted by molar-refractivity contribution is -0.117. The van der Waals surface area contributed by atoms with Crippen molar-refractivity contribution in [2.45, 2.75) is 4.90 Å². The topological polar surface area (TPSA) is 81.8 Å². The van der Waals surface area contributed by atoms with Crippen molar-refractivity contribution in [1.29, 1.82) is 0 Å². The van der Waals surface area contributed by atoms with Gasteiger partial charge in [0.2, 0.25) is 11.8 Å². The SMILES string of the molecule is O=C(CN1CCN(C(=O)c2ccc3c(c2)NC(=O)CS3)CC1)Nc1cccc(F)c1. The van der Waals surface area contributed by atoms with Gasteiger partial charge < -0.3 is 15.5 Å². The van der Waals surface area contributed by atoms with Gasteiger partial charge >= 0.3 is 0 Å². The van der Waals surface area contributed by atoms with Crippen LogP contribution >= 0.6 is 11.8 Å². The zero-order chi connectivity index (χ0) is 21.1. The molecule has 0 aromatic heterocycles. The molecule has 2 aliphatic heterocycles. The van der Waals surface area contributed by atoms with E-state index in [0.29, 0.717) is 48.9 Å². The van der Waals surface area contributed by atoms with Crippen LogP contribution in [-0.4, -0.2) is 66.0 Å². The highest BCUT2D eigenvalue weighted by atomic mass is 32.2. The molecule has 2 aromatic rings. The largest absolute Gasteiger partial charge is 0.336 e. The van der Waals surface area contributed by atoms with Gasteiger partial charge in [-0.2, -0.15) is 0 Å². The van der Waals surface area contributed by atoms with Crippen LogP contribution in [0.25, 0.3) is 0 Å². The Morgan fingerprint density at radius 3 is 2.67 bits per heavy atom. The third kappa shape index (κ3) is 4.80. The van der Waals surface area contributed by atoms with Crippen molar-refractivity contribution in [2.75, 3.05) is 49.1 Å². The summed E-state index contributed by atoms with van der Waals surface area (Å²) in [6.45, 7) is 2.33. The summed E-state index contributed by atoms with van der Waals surface area (Å²) in [5.74, 6) is -0.396. The molecule has 2 aliphatic rings. The molecule has 7 nitrogen and oxygen atoms in total. The number of carbonyl (C=O) groups is 3. The molecule has 1 saturated heterocycles. The van der Waals surface area contributed by atoms with Crippen LogP contribution in [0.3, 0.4) is 0 Å². The summed E-state index contributed by atoms with van der Waals surface area (Å²) in [4.78, 5) is 41.3. The molecule has 0 atom stereocenters. The Labute approximate surface area is 177 Å². The summed E-state index contributed by atoms with van der Waals surface area (Å²) in [7, 11) is 0. The molecular formula is C21H21FN4O3S. The number of carbonyl (C=O) groups excluding carboxylic acids is 3. The van der Waals surface area contributed by atoms with Crippen molar-refractivity contribution >= 4 is 40.9 Å². The normalized spacial score (nSPS) is 16.6. The molecule has 2 aromatic carbocycles. The number of hydrogen-bond donors (Lipinski definition) is 2. The molecule has 0 bridgehead atoms. The second kappa shape index (κ2) is 8.85. The van der Waals surface area contributed by atoms with Crippen LogP contribution in [0.15, 0.2) is 47.4 Å². The number of anilines is 2. The van der Waals surface area contributed by atoms with Crippen molar-refractivity contribution < 1.29 is 18.8 Å². The van der Waals surface area contributed by atoms with Gasteiger partial charge in [-0.3, -0.25) is 19.3 Å². The predicted octanol–water partition coefficient (Wildman–Crippen LogP) is 2.27. The van der Waals surface area contributed by atoms with Crippen LogP contribution < -0.4 is 10.6 Å². The van der Waals surface area contributed by atoms with E-state index >= 15 is 0 Å². The van der Waals surface area contributed by atoms with Gasteiger partial charge in [0.15, 0.2) is 0 Å². The van der Waals surface area contributed by atoms with Gasteiger partial charge in [0.05, 0.1) is 18.0 Å². The highest BCUT2D eigenvalue weighted by Gasteiger charge is 2.25. The predicted molar refractivity (Wildman–Crippen MR) is 113 cm³/mol. The third-order valence-electron chi connectivity index (χ3n) is 4.99. The summed E-state index contributed by atoms with van der Waals surface area (Å²) >= 11 is 1.46. The minimum atomic E-state index is -0.403. The standard InChI is InChI=1S/C21H21FN4O3S/c22-15-2-1-3-16(11-15)23-19(27)12-25-6-8-26(9-7-25)21(29)14-4-5-18-17(10-14)24-20(28)13-30-18/h1-5,10-11H,6-9,12-13H2,(H,23,27)(H,24,28). The van der Waals surface area contributed by atoms with E-state index in [0.717, 1.165) is 4.90 Å². The van der Waals surface area contributed by atoms with E-state index in [4.69, 9.17) is 0 Å². The number of benzene rings is 2. The first-order valence-corrected chi connectivity index (χ1v) is 10.6. The quantitative estimate of drug-likeness (QED) is 0.781. The highest BCUT2D eigenvalue weighted by molar-refractivity contribution is 8.00. The molecule has 0 saturated carbocycles. The van der Waals surface area contributed by atoms with Crippen molar-refractivity contribution in [2.24, 2.45) is 0 Å². The van der Waals surface area contributed by atoms with Crippen LogP contribution in [0.1, 0.15) is 10.4 Å². The molecule has 30 heavy (non-hydrogen) atoms. The first-order valence-electron chi connectivity index (χ1n) is 9.62. The summed E-state index contributed by atoms with van der Waals surface area (Å²) in [5, 5.41) is 5.49. The number of fused-ring (bicyclic) bond motifs is 1. The van der Waals surface area contributed by atoms with Gasteiger partial charge in [-0.25, -0.2) is 4.39 Å². The fraction of sp³-hybridized carbons (Fsp3) is 0.286. The Bertz CT molecular complexity index is 992. The zero-order valence-electron chi connectivity index (χ0n) is 16.2. The molecule has 156 valence electrons. The number of thioether (sulfide) groups is 1. The fourth-order valence-corrected chi connectivity index (χ4v) is 4.27. The molecule has 0 spiro atoms. The maximum absolute atomic E-state index is 13.2. The Balaban J connectivity index is 1.30. The molecule has 2 N–H and O–H groups in total. The van der Waals surface area contributed by atoms with E-state index < -0.39 is 5.82 Å². The van der Waals surface area contributed by atoms with E-state index in [9.17, 15) is 18.8 Å². The van der Waals surface area contributed by atoms with Crippen LogP contribution in [0.5, 0.6) is 0 Å². The van der Waals surface area contributed by atoms with E-state index in [-0.39, 0.29) is 24.3 Å². The third-order valence-corrected chi connectivity index (χ3v) is 6.07. The maximum atomic E-state index is 13.2. The van der Waals surface area contributed by atoms with E-state index in [2.05, 4.69) is 10.6 Å². The van der Waals surface area contributed by atoms with Gasteiger partial charge in [0, 0.05) is 42.3 Å². The number of rotatable bonds is 4. The Morgan fingerprint density at radius 2 is 1.90 bits per heavy atom. The lowest BCUT2D eigenvalue weighted by Gasteiger charge is -2.34. The van der Waals surface area contributed by atoms with E-state index in [1.165, 1.54) is 23.9 Å². The summed E-state index contributed by atoms with van der Waals surface area (Å²) in [6, 6.07) is 11.1. The van der Waals surface area contributed by atoms with Crippen molar-refractivity contribution in [3.8, 4) is 0 Å². The Kier molecular flexibility index (Phi) is 6.01. The van der Waals surface area contributed by atoms with Gasteiger partial charge in [0.25, 0.3) is 5.91 Å². The monoisotopic (exact) mass is 428 g/mol. The van der Waals surface area contributed by atoms with Gasteiger partial charge in [-0.05, 0) is 36.4 Å².